The van der Waals surface area contributed by atoms with Crippen molar-refractivity contribution in [1.29, 1.82) is 0 Å². The Kier molecular flexibility index (Phi) is 6.30. The normalized spacial score (nSPS) is 14.3. The van der Waals surface area contributed by atoms with Crippen LogP contribution in [0.1, 0.15) is 16.8 Å². The second kappa shape index (κ2) is 8.51. The van der Waals surface area contributed by atoms with Crippen LogP contribution in [-0.2, 0) is 17.9 Å². The lowest BCUT2D eigenvalue weighted by molar-refractivity contribution is -0.193. The van der Waals surface area contributed by atoms with E-state index in [1.165, 1.54) is 30.3 Å². The zero-order chi connectivity index (χ0) is 23.7. The van der Waals surface area contributed by atoms with E-state index < -0.39 is 53.6 Å². The van der Waals surface area contributed by atoms with Crippen molar-refractivity contribution in [2.75, 3.05) is 6.54 Å². The van der Waals surface area contributed by atoms with E-state index in [4.69, 9.17) is 5.73 Å². The smallest absolute Gasteiger partial charge is 0.377 e. The van der Waals surface area contributed by atoms with Gasteiger partial charge in [-0.1, -0.05) is 36.4 Å². The molecule has 0 saturated carbocycles. The highest BCUT2D eigenvalue weighted by Gasteiger charge is 2.56. The van der Waals surface area contributed by atoms with E-state index in [1.807, 2.05) is 0 Å². The summed E-state index contributed by atoms with van der Waals surface area (Å²) in [5, 5.41) is 10.6. The first-order chi connectivity index (χ1) is 14.9. The maximum absolute atomic E-state index is 15.2. The number of aromatic nitrogens is 1. The van der Waals surface area contributed by atoms with Crippen molar-refractivity contribution in [2.24, 2.45) is 5.73 Å². The van der Waals surface area contributed by atoms with E-state index in [0.29, 0.717) is 29.3 Å². The highest BCUT2D eigenvalue weighted by atomic mass is 19.4. The molecule has 3 aromatic rings. The summed E-state index contributed by atoms with van der Waals surface area (Å²) >= 11 is 0. The van der Waals surface area contributed by atoms with Crippen LogP contribution in [0, 0.1) is 11.6 Å². The third-order valence-corrected chi connectivity index (χ3v) is 4.97. The van der Waals surface area contributed by atoms with E-state index in [0.717, 1.165) is 12.3 Å². The van der Waals surface area contributed by atoms with Gasteiger partial charge in [0.15, 0.2) is 5.60 Å². The van der Waals surface area contributed by atoms with Crippen molar-refractivity contribution >= 4 is 0 Å². The zero-order valence-electron chi connectivity index (χ0n) is 16.3. The van der Waals surface area contributed by atoms with Gasteiger partial charge in [0.2, 0.25) is 0 Å². The lowest BCUT2D eigenvalue weighted by Crippen LogP contribution is -2.50. The summed E-state index contributed by atoms with van der Waals surface area (Å²) in [5.74, 6) is -6.57. The molecular formula is C22H17F7N2O. The number of benzene rings is 2. The van der Waals surface area contributed by atoms with Gasteiger partial charge in [-0.25, -0.2) is 8.78 Å². The Morgan fingerprint density at radius 2 is 1.47 bits per heavy atom. The summed E-state index contributed by atoms with van der Waals surface area (Å²) in [5.41, 5.74) is 1.11. The van der Waals surface area contributed by atoms with Gasteiger partial charge >= 0.3 is 12.1 Å². The minimum atomic E-state index is -4.36. The van der Waals surface area contributed by atoms with Crippen LogP contribution >= 0.6 is 0 Å². The Morgan fingerprint density at radius 1 is 0.844 bits per heavy atom. The van der Waals surface area contributed by atoms with Crippen LogP contribution in [0.2, 0.25) is 0 Å². The first kappa shape index (κ1) is 23.7. The molecule has 1 heterocycles. The molecule has 3 rings (SSSR count). The number of rotatable bonds is 6. The summed E-state index contributed by atoms with van der Waals surface area (Å²) in [6, 6.07) is 9.17. The predicted molar refractivity (Wildman–Crippen MR) is 103 cm³/mol. The van der Waals surface area contributed by atoms with E-state index >= 15 is 8.78 Å². The van der Waals surface area contributed by atoms with E-state index in [1.54, 1.807) is 0 Å². The molecule has 0 aliphatic rings. The molecule has 1 atom stereocenters. The minimum Gasteiger partial charge on any atom is -0.377 e. The molecule has 2 aromatic carbocycles. The summed E-state index contributed by atoms with van der Waals surface area (Å²) in [6.07, 6.45) is -4.42. The number of aliphatic hydroxyl groups is 1. The standard InChI is InChI=1S/C22H17F7N2O/c23-16-6-7-17(18(24)9-16)20(32,12-30)22(28,29)19-8-5-15(11-31-19)14-3-1-13(2-4-14)10-21(25,26)27/h1-9,11,32H,10,12,30H2/t20-/m1/s1. The van der Waals surface area contributed by atoms with Crippen molar-refractivity contribution in [3.8, 4) is 11.1 Å². The lowest BCUT2D eigenvalue weighted by atomic mass is 9.84. The van der Waals surface area contributed by atoms with Gasteiger partial charge in [-0.2, -0.15) is 22.0 Å². The second-order valence-corrected chi connectivity index (χ2v) is 7.18. The molecule has 0 fully saturated rings. The van der Waals surface area contributed by atoms with Crippen molar-refractivity contribution < 1.29 is 35.8 Å². The number of nitrogens with zero attached hydrogens (tertiary/aromatic N) is 1. The number of hydrogen-bond acceptors (Lipinski definition) is 3. The Hall–Kier alpha value is -2.98. The highest BCUT2D eigenvalue weighted by molar-refractivity contribution is 5.63. The fraction of sp³-hybridized carbons (Fsp3) is 0.227. The van der Waals surface area contributed by atoms with Gasteiger partial charge in [-0.3, -0.25) is 4.98 Å². The number of hydrogen-bond donors (Lipinski definition) is 2. The zero-order valence-corrected chi connectivity index (χ0v) is 16.3. The Morgan fingerprint density at radius 3 is 1.97 bits per heavy atom. The summed E-state index contributed by atoms with van der Waals surface area (Å²) in [6.45, 7) is -1.09. The lowest BCUT2D eigenvalue weighted by Gasteiger charge is -2.35. The van der Waals surface area contributed by atoms with Crippen LogP contribution in [0.4, 0.5) is 30.7 Å². The minimum absolute atomic E-state index is 0.0340. The summed E-state index contributed by atoms with van der Waals surface area (Å²) in [7, 11) is 0. The molecule has 0 aliphatic carbocycles. The van der Waals surface area contributed by atoms with E-state index in [9.17, 15) is 27.1 Å². The second-order valence-electron chi connectivity index (χ2n) is 7.18. The fourth-order valence-corrected chi connectivity index (χ4v) is 3.24. The quantitative estimate of drug-likeness (QED) is 0.507. The largest absolute Gasteiger partial charge is 0.393 e. The SMILES string of the molecule is NC[C@@](O)(c1ccc(F)cc1F)C(F)(F)c1ccc(-c2ccc(CC(F)(F)F)cc2)cn1. The van der Waals surface area contributed by atoms with Gasteiger partial charge in [-0.05, 0) is 23.3 Å². The number of halogens is 7. The van der Waals surface area contributed by atoms with E-state index in [2.05, 4.69) is 4.98 Å². The van der Waals surface area contributed by atoms with Gasteiger partial charge in [0.1, 0.15) is 17.3 Å². The van der Waals surface area contributed by atoms with Gasteiger partial charge in [0, 0.05) is 29.9 Å². The van der Waals surface area contributed by atoms with Crippen LogP contribution in [0.25, 0.3) is 11.1 Å². The molecule has 3 N–H and O–H groups in total. The number of nitrogens with two attached hydrogens (primary N) is 1. The molecule has 1 aromatic heterocycles. The molecule has 0 aliphatic heterocycles. The molecule has 32 heavy (non-hydrogen) atoms. The topological polar surface area (TPSA) is 59.1 Å². The Bertz CT molecular complexity index is 1080. The van der Waals surface area contributed by atoms with Crippen molar-refractivity contribution in [1.82, 2.24) is 4.98 Å². The van der Waals surface area contributed by atoms with E-state index in [-0.39, 0.29) is 5.56 Å². The monoisotopic (exact) mass is 458 g/mol. The van der Waals surface area contributed by atoms with Crippen LogP contribution in [0.5, 0.6) is 0 Å². The third kappa shape index (κ3) is 4.61. The third-order valence-electron chi connectivity index (χ3n) is 4.97. The molecular weight excluding hydrogens is 441 g/mol. The van der Waals surface area contributed by atoms with Gasteiger partial charge in [-0.15, -0.1) is 0 Å². The summed E-state index contributed by atoms with van der Waals surface area (Å²) < 4.78 is 95.0. The first-order valence-electron chi connectivity index (χ1n) is 9.26. The van der Waals surface area contributed by atoms with Crippen molar-refractivity contribution in [3.63, 3.8) is 0 Å². The Balaban J connectivity index is 1.91. The van der Waals surface area contributed by atoms with Crippen LogP contribution in [-0.4, -0.2) is 22.8 Å². The van der Waals surface area contributed by atoms with Gasteiger partial charge < -0.3 is 10.8 Å². The van der Waals surface area contributed by atoms with Crippen LogP contribution < -0.4 is 5.73 Å². The van der Waals surface area contributed by atoms with Gasteiger partial charge in [0.05, 0.1) is 6.42 Å². The fourth-order valence-electron chi connectivity index (χ4n) is 3.24. The Labute approximate surface area is 178 Å². The molecule has 0 bridgehead atoms. The van der Waals surface area contributed by atoms with Crippen molar-refractivity contribution in [2.45, 2.75) is 24.1 Å². The average molecular weight is 458 g/mol. The van der Waals surface area contributed by atoms with Crippen LogP contribution in [0.15, 0.2) is 60.8 Å². The molecule has 170 valence electrons. The molecule has 10 heteroatoms. The van der Waals surface area contributed by atoms with Crippen molar-refractivity contribution in [3.05, 3.63) is 89.2 Å². The molecule has 0 amide bonds. The van der Waals surface area contributed by atoms with Crippen LogP contribution in [0.3, 0.4) is 0 Å². The molecule has 0 radical (unpaired) electrons. The number of pyridine rings is 1. The predicted octanol–water partition coefficient (Wildman–Crippen LogP) is 5.07. The molecule has 0 unspecified atom stereocenters. The number of alkyl halides is 5. The maximum atomic E-state index is 15.2. The summed E-state index contributed by atoms with van der Waals surface area (Å²) in [4.78, 5) is 3.65. The molecule has 3 nitrogen and oxygen atoms in total. The first-order valence-corrected chi connectivity index (χ1v) is 9.26. The highest BCUT2D eigenvalue weighted by Crippen LogP contribution is 2.45. The van der Waals surface area contributed by atoms with Gasteiger partial charge in [0.25, 0.3) is 0 Å². The average Bonchev–Trinajstić information content (AvgIpc) is 2.72. The molecule has 0 spiro atoms. The molecule has 0 saturated heterocycles. The maximum Gasteiger partial charge on any atom is 0.393 e.